The maximum atomic E-state index is 9.01. The van der Waals surface area contributed by atoms with Crippen molar-refractivity contribution in [2.75, 3.05) is 19.7 Å². The molecule has 92 valence electrons. The van der Waals surface area contributed by atoms with E-state index in [2.05, 4.69) is 16.8 Å². The second-order valence-corrected chi connectivity index (χ2v) is 4.01. The van der Waals surface area contributed by atoms with Gasteiger partial charge >= 0.3 is 0 Å². The molecule has 0 fully saturated rings. The van der Waals surface area contributed by atoms with Gasteiger partial charge in [-0.25, -0.2) is 4.98 Å². The van der Waals surface area contributed by atoms with Gasteiger partial charge in [0.25, 0.3) is 0 Å². The molecule has 0 saturated heterocycles. The Hall–Kier alpha value is -1.44. The summed E-state index contributed by atoms with van der Waals surface area (Å²) in [5.41, 5.74) is 1.52. The molecule has 0 saturated carbocycles. The maximum absolute atomic E-state index is 9.01. The zero-order valence-electron chi connectivity index (χ0n) is 10.3. The quantitative estimate of drug-likeness (QED) is 0.776. The van der Waals surface area contributed by atoms with E-state index in [1.807, 2.05) is 12.1 Å². The lowest BCUT2D eigenvalue weighted by Gasteiger charge is -2.20. The predicted molar refractivity (Wildman–Crippen MR) is 66.2 cm³/mol. The fourth-order valence-corrected chi connectivity index (χ4v) is 1.69. The molecule has 0 aliphatic heterocycles. The second kappa shape index (κ2) is 7.77. The summed E-state index contributed by atoms with van der Waals surface area (Å²) in [4.78, 5) is 6.14. The van der Waals surface area contributed by atoms with Crippen molar-refractivity contribution in [2.45, 2.75) is 26.3 Å². The van der Waals surface area contributed by atoms with Crippen LogP contribution in [0, 0.1) is 11.3 Å². The van der Waals surface area contributed by atoms with E-state index >= 15 is 0 Å². The third-order valence-electron chi connectivity index (χ3n) is 2.59. The average Bonchev–Trinajstić information content (AvgIpc) is 2.36. The number of rotatable bonds is 7. The van der Waals surface area contributed by atoms with Crippen LogP contribution in [0.3, 0.4) is 0 Å². The zero-order valence-corrected chi connectivity index (χ0v) is 10.3. The molecular weight excluding hydrogens is 214 g/mol. The SMILES string of the molecule is CCCCN(CCO)Cc1ccnc(C#N)c1. The molecule has 1 aromatic heterocycles. The molecule has 0 atom stereocenters. The molecule has 0 bridgehead atoms. The molecule has 0 unspecified atom stereocenters. The topological polar surface area (TPSA) is 60.1 Å². The van der Waals surface area contributed by atoms with Crippen molar-refractivity contribution in [2.24, 2.45) is 0 Å². The Morgan fingerprint density at radius 3 is 2.94 bits per heavy atom. The molecule has 0 aliphatic carbocycles. The van der Waals surface area contributed by atoms with Gasteiger partial charge < -0.3 is 5.11 Å². The highest BCUT2D eigenvalue weighted by molar-refractivity contribution is 5.25. The fraction of sp³-hybridized carbons (Fsp3) is 0.538. The Kier molecular flexibility index (Phi) is 6.23. The maximum Gasteiger partial charge on any atom is 0.140 e. The van der Waals surface area contributed by atoms with Crippen molar-refractivity contribution in [3.8, 4) is 6.07 Å². The Labute approximate surface area is 103 Å². The van der Waals surface area contributed by atoms with Crippen LogP contribution in [0.15, 0.2) is 18.3 Å². The van der Waals surface area contributed by atoms with Crippen LogP contribution in [0.1, 0.15) is 31.0 Å². The molecule has 4 nitrogen and oxygen atoms in total. The molecule has 0 radical (unpaired) electrons. The van der Waals surface area contributed by atoms with Crippen molar-refractivity contribution in [3.63, 3.8) is 0 Å². The number of aromatic nitrogens is 1. The first kappa shape index (κ1) is 13.6. The number of nitriles is 1. The summed E-state index contributed by atoms with van der Waals surface area (Å²) in [5, 5.41) is 17.8. The summed E-state index contributed by atoms with van der Waals surface area (Å²) in [6, 6.07) is 5.75. The summed E-state index contributed by atoms with van der Waals surface area (Å²) in [7, 11) is 0. The van der Waals surface area contributed by atoms with Gasteiger partial charge in [-0.3, -0.25) is 4.90 Å². The first-order valence-corrected chi connectivity index (χ1v) is 5.98. The van der Waals surface area contributed by atoms with Crippen molar-refractivity contribution in [1.82, 2.24) is 9.88 Å². The average molecular weight is 233 g/mol. The smallest absolute Gasteiger partial charge is 0.140 e. The molecule has 1 rings (SSSR count). The number of pyridine rings is 1. The van der Waals surface area contributed by atoms with Gasteiger partial charge in [-0.05, 0) is 30.7 Å². The molecule has 17 heavy (non-hydrogen) atoms. The van der Waals surface area contributed by atoms with E-state index in [0.29, 0.717) is 12.2 Å². The summed E-state index contributed by atoms with van der Waals surface area (Å²) < 4.78 is 0. The van der Waals surface area contributed by atoms with Crippen molar-refractivity contribution in [3.05, 3.63) is 29.6 Å². The Morgan fingerprint density at radius 1 is 1.47 bits per heavy atom. The molecule has 4 heteroatoms. The molecule has 1 heterocycles. The third kappa shape index (κ3) is 4.94. The summed E-state index contributed by atoms with van der Waals surface area (Å²) in [6.45, 7) is 4.72. The minimum absolute atomic E-state index is 0.167. The van der Waals surface area contributed by atoms with E-state index in [4.69, 9.17) is 10.4 Å². The van der Waals surface area contributed by atoms with Crippen LogP contribution in [-0.2, 0) is 6.54 Å². The van der Waals surface area contributed by atoms with Gasteiger partial charge in [0.15, 0.2) is 0 Å². The van der Waals surface area contributed by atoms with Crippen LogP contribution in [0.4, 0.5) is 0 Å². The van der Waals surface area contributed by atoms with Crippen molar-refractivity contribution >= 4 is 0 Å². The number of unbranched alkanes of at least 4 members (excludes halogenated alkanes) is 1. The summed E-state index contributed by atoms with van der Waals surface area (Å²) >= 11 is 0. The van der Waals surface area contributed by atoms with E-state index < -0.39 is 0 Å². The van der Waals surface area contributed by atoms with Gasteiger partial charge in [-0.2, -0.15) is 5.26 Å². The van der Waals surface area contributed by atoms with Crippen LogP contribution in [0.2, 0.25) is 0 Å². The van der Waals surface area contributed by atoms with Crippen LogP contribution < -0.4 is 0 Å². The fourth-order valence-electron chi connectivity index (χ4n) is 1.69. The number of hydrogen-bond acceptors (Lipinski definition) is 4. The van der Waals surface area contributed by atoms with E-state index in [-0.39, 0.29) is 6.61 Å². The number of aliphatic hydroxyl groups is 1. The normalized spacial score (nSPS) is 10.5. The molecule has 0 aromatic carbocycles. The van der Waals surface area contributed by atoms with Gasteiger partial charge in [-0.1, -0.05) is 13.3 Å². The van der Waals surface area contributed by atoms with Gasteiger partial charge in [0.1, 0.15) is 11.8 Å². The van der Waals surface area contributed by atoms with Crippen LogP contribution >= 0.6 is 0 Å². The van der Waals surface area contributed by atoms with Gasteiger partial charge in [0, 0.05) is 19.3 Å². The van der Waals surface area contributed by atoms with Gasteiger partial charge in [0.05, 0.1) is 6.61 Å². The Morgan fingerprint density at radius 2 is 2.29 bits per heavy atom. The zero-order chi connectivity index (χ0) is 12.5. The number of nitrogens with zero attached hydrogens (tertiary/aromatic N) is 3. The van der Waals surface area contributed by atoms with E-state index in [1.165, 1.54) is 0 Å². The number of aliphatic hydroxyl groups excluding tert-OH is 1. The highest BCUT2D eigenvalue weighted by Crippen LogP contribution is 2.06. The lowest BCUT2D eigenvalue weighted by molar-refractivity contribution is 0.188. The standard InChI is InChI=1S/C13H19N3O/c1-2-3-6-16(7-8-17)11-12-4-5-15-13(9-12)10-14/h4-5,9,17H,2-3,6-8,11H2,1H3. The van der Waals surface area contributed by atoms with E-state index in [1.54, 1.807) is 12.3 Å². The highest BCUT2D eigenvalue weighted by Gasteiger charge is 2.05. The van der Waals surface area contributed by atoms with E-state index in [0.717, 1.165) is 31.5 Å². The number of hydrogen-bond donors (Lipinski definition) is 1. The van der Waals surface area contributed by atoms with Gasteiger partial charge in [-0.15, -0.1) is 0 Å². The summed E-state index contributed by atoms with van der Waals surface area (Å²) in [5.74, 6) is 0. The highest BCUT2D eigenvalue weighted by atomic mass is 16.3. The van der Waals surface area contributed by atoms with Crippen LogP contribution in [0.25, 0.3) is 0 Å². The monoisotopic (exact) mass is 233 g/mol. The summed E-state index contributed by atoms with van der Waals surface area (Å²) in [6.07, 6.45) is 3.92. The van der Waals surface area contributed by atoms with Crippen LogP contribution in [-0.4, -0.2) is 34.7 Å². The lowest BCUT2D eigenvalue weighted by Crippen LogP contribution is -2.27. The Bertz CT molecular complexity index is 373. The first-order chi connectivity index (χ1) is 8.30. The molecule has 0 spiro atoms. The minimum atomic E-state index is 0.167. The molecule has 1 aromatic rings. The van der Waals surface area contributed by atoms with E-state index in [9.17, 15) is 0 Å². The largest absolute Gasteiger partial charge is 0.395 e. The molecule has 0 aliphatic rings. The first-order valence-electron chi connectivity index (χ1n) is 5.98. The van der Waals surface area contributed by atoms with Crippen molar-refractivity contribution in [1.29, 1.82) is 5.26 Å². The lowest BCUT2D eigenvalue weighted by atomic mass is 10.2. The van der Waals surface area contributed by atoms with Crippen LogP contribution in [0.5, 0.6) is 0 Å². The minimum Gasteiger partial charge on any atom is -0.395 e. The molecule has 1 N–H and O–H groups in total. The molecular formula is C13H19N3O. The third-order valence-corrected chi connectivity index (χ3v) is 2.59. The molecule has 0 amide bonds. The van der Waals surface area contributed by atoms with Gasteiger partial charge in [0.2, 0.25) is 0 Å². The second-order valence-electron chi connectivity index (χ2n) is 4.01. The van der Waals surface area contributed by atoms with Crippen molar-refractivity contribution < 1.29 is 5.11 Å². The Balaban J connectivity index is 2.61. The predicted octanol–water partition coefficient (Wildman–Crippen LogP) is 1.55.